The molecule has 1 unspecified atom stereocenters. The quantitative estimate of drug-likeness (QED) is 0.902. The van der Waals surface area contributed by atoms with Crippen molar-refractivity contribution in [3.05, 3.63) is 51.8 Å². The number of nitrogens with zero attached hydrogens (tertiary/aromatic N) is 2. The van der Waals surface area contributed by atoms with Crippen LogP contribution in [-0.4, -0.2) is 15.6 Å². The van der Waals surface area contributed by atoms with Gasteiger partial charge < -0.3 is 5.73 Å². The second-order valence-corrected chi connectivity index (χ2v) is 6.12. The Bertz CT molecular complexity index is 647. The SMILES string of the molecule is CCn1nc(C)c(Br)c1CC(=O)C(C)(N)c1ccccc1. The van der Waals surface area contributed by atoms with Gasteiger partial charge in [0, 0.05) is 6.54 Å². The van der Waals surface area contributed by atoms with Crippen LogP contribution in [0.1, 0.15) is 30.8 Å². The maximum absolute atomic E-state index is 12.7. The smallest absolute Gasteiger partial charge is 0.162 e. The van der Waals surface area contributed by atoms with E-state index in [2.05, 4.69) is 21.0 Å². The Balaban J connectivity index is 2.30. The molecule has 21 heavy (non-hydrogen) atoms. The Morgan fingerprint density at radius 2 is 2.00 bits per heavy atom. The summed E-state index contributed by atoms with van der Waals surface area (Å²) < 4.78 is 2.74. The zero-order valence-corrected chi connectivity index (χ0v) is 14.1. The van der Waals surface area contributed by atoms with Crippen LogP contribution in [0.25, 0.3) is 0 Å². The molecule has 0 saturated carbocycles. The fourth-order valence-corrected chi connectivity index (χ4v) is 2.74. The molecule has 0 saturated heterocycles. The lowest BCUT2D eigenvalue weighted by Crippen LogP contribution is -2.43. The molecule has 112 valence electrons. The summed E-state index contributed by atoms with van der Waals surface area (Å²) in [7, 11) is 0. The molecular formula is C16H20BrN3O. The highest BCUT2D eigenvalue weighted by Crippen LogP contribution is 2.25. The molecule has 1 aromatic carbocycles. The van der Waals surface area contributed by atoms with Crippen LogP contribution in [0.15, 0.2) is 34.8 Å². The fourth-order valence-electron chi connectivity index (χ4n) is 2.32. The summed E-state index contributed by atoms with van der Waals surface area (Å²) in [5, 5.41) is 4.41. The molecule has 2 aromatic rings. The van der Waals surface area contributed by atoms with E-state index in [1.165, 1.54) is 0 Å². The Morgan fingerprint density at radius 1 is 1.38 bits per heavy atom. The van der Waals surface area contributed by atoms with Gasteiger partial charge in [0.1, 0.15) is 0 Å². The summed E-state index contributed by atoms with van der Waals surface area (Å²) in [6.07, 6.45) is 0.261. The van der Waals surface area contributed by atoms with E-state index in [4.69, 9.17) is 5.73 Å². The van der Waals surface area contributed by atoms with Crippen molar-refractivity contribution in [3.63, 3.8) is 0 Å². The number of carbonyl (C=O) groups is 1. The lowest BCUT2D eigenvalue weighted by molar-refractivity contribution is -0.123. The Hall–Kier alpha value is -1.46. The molecule has 0 aliphatic carbocycles. The molecule has 1 atom stereocenters. The van der Waals surface area contributed by atoms with Crippen LogP contribution in [-0.2, 0) is 23.3 Å². The third-order valence-electron chi connectivity index (χ3n) is 3.73. The summed E-state index contributed by atoms with van der Waals surface area (Å²) in [6.45, 7) is 6.41. The lowest BCUT2D eigenvalue weighted by Gasteiger charge is -2.24. The van der Waals surface area contributed by atoms with Crippen molar-refractivity contribution in [1.29, 1.82) is 0 Å². The monoisotopic (exact) mass is 349 g/mol. The van der Waals surface area contributed by atoms with Crippen molar-refractivity contribution in [2.75, 3.05) is 0 Å². The second-order valence-electron chi connectivity index (χ2n) is 5.33. The van der Waals surface area contributed by atoms with E-state index in [-0.39, 0.29) is 12.2 Å². The standard InChI is InChI=1S/C16H20BrN3O/c1-4-20-13(15(17)11(2)19-20)10-14(21)16(3,18)12-8-6-5-7-9-12/h5-9H,4,10,18H2,1-3H3. The van der Waals surface area contributed by atoms with Gasteiger partial charge in [-0.05, 0) is 42.3 Å². The molecule has 0 aliphatic rings. The maximum Gasteiger partial charge on any atom is 0.162 e. The number of benzene rings is 1. The molecule has 4 nitrogen and oxygen atoms in total. The molecule has 0 spiro atoms. The molecule has 0 aliphatic heterocycles. The summed E-state index contributed by atoms with van der Waals surface area (Å²) >= 11 is 3.52. The molecular weight excluding hydrogens is 330 g/mol. The number of Topliss-reactive ketones (excluding diaryl/α,β-unsaturated/α-hetero) is 1. The number of nitrogens with two attached hydrogens (primary N) is 1. The highest BCUT2D eigenvalue weighted by molar-refractivity contribution is 9.10. The molecule has 2 rings (SSSR count). The van der Waals surface area contributed by atoms with Gasteiger partial charge in [0.05, 0.1) is 27.8 Å². The van der Waals surface area contributed by atoms with Crippen LogP contribution in [0.3, 0.4) is 0 Å². The van der Waals surface area contributed by atoms with Crippen molar-refractivity contribution >= 4 is 21.7 Å². The largest absolute Gasteiger partial charge is 0.315 e. The van der Waals surface area contributed by atoms with Crippen molar-refractivity contribution < 1.29 is 4.79 Å². The van der Waals surface area contributed by atoms with Gasteiger partial charge in [-0.1, -0.05) is 30.3 Å². The first-order valence-electron chi connectivity index (χ1n) is 6.97. The van der Waals surface area contributed by atoms with Gasteiger partial charge in [-0.25, -0.2) is 0 Å². The van der Waals surface area contributed by atoms with Gasteiger partial charge in [-0.2, -0.15) is 5.10 Å². The number of carbonyl (C=O) groups excluding carboxylic acids is 1. The number of ketones is 1. The topological polar surface area (TPSA) is 60.9 Å². The van der Waals surface area contributed by atoms with Gasteiger partial charge >= 0.3 is 0 Å². The predicted molar refractivity (Wildman–Crippen MR) is 87.0 cm³/mol. The Labute approximate surface area is 133 Å². The van der Waals surface area contributed by atoms with Gasteiger partial charge in [-0.15, -0.1) is 0 Å². The Morgan fingerprint density at radius 3 is 2.57 bits per heavy atom. The maximum atomic E-state index is 12.7. The van der Waals surface area contributed by atoms with Crippen LogP contribution >= 0.6 is 15.9 Å². The van der Waals surface area contributed by atoms with Gasteiger partial charge in [-0.3, -0.25) is 9.48 Å². The van der Waals surface area contributed by atoms with Crippen molar-refractivity contribution in [2.45, 2.75) is 39.3 Å². The van der Waals surface area contributed by atoms with Crippen LogP contribution in [0.2, 0.25) is 0 Å². The first kappa shape index (κ1) is 15.9. The molecule has 1 aromatic heterocycles. The molecule has 0 amide bonds. The van der Waals surface area contributed by atoms with Crippen molar-refractivity contribution in [1.82, 2.24) is 9.78 Å². The van der Waals surface area contributed by atoms with Gasteiger partial charge in [0.15, 0.2) is 5.78 Å². The third kappa shape index (κ3) is 3.09. The minimum atomic E-state index is -1.00. The van der Waals surface area contributed by atoms with Crippen LogP contribution in [0.4, 0.5) is 0 Å². The van der Waals surface area contributed by atoms with E-state index in [9.17, 15) is 4.79 Å². The third-order valence-corrected chi connectivity index (χ3v) is 4.77. The fraction of sp³-hybridized carbons (Fsp3) is 0.375. The average Bonchev–Trinajstić information content (AvgIpc) is 2.75. The number of hydrogen-bond donors (Lipinski definition) is 1. The van der Waals surface area contributed by atoms with E-state index in [1.54, 1.807) is 6.92 Å². The molecule has 0 fully saturated rings. The van der Waals surface area contributed by atoms with E-state index in [0.717, 1.165) is 28.0 Å². The summed E-state index contributed by atoms with van der Waals surface area (Å²) in [4.78, 5) is 12.7. The van der Waals surface area contributed by atoms with Gasteiger partial charge in [0.2, 0.25) is 0 Å². The number of aryl methyl sites for hydroxylation is 2. The number of rotatable bonds is 5. The molecule has 2 N–H and O–H groups in total. The summed E-state index contributed by atoms with van der Waals surface area (Å²) in [6, 6.07) is 9.47. The van der Waals surface area contributed by atoms with Crippen LogP contribution in [0, 0.1) is 6.92 Å². The van der Waals surface area contributed by atoms with Crippen LogP contribution < -0.4 is 5.73 Å². The highest BCUT2D eigenvalue weighted by atomic mass is 79.9. The van der Waals surface area contributed by atoms with Crippen LogP contribution in [0.5, 0.6) is 0 Å². The first-order valence-corrected chi connectivity index (χ1v) is 7.76. The predicted octanol–water partition coefficient (Wildman–Crippen LogP) is 2.96. The minimum Gasteiger partial charge on any atom is -0.315 e. The molecule has 0 bridgehead atoms. The van der Waals surface area contributed by atoms with E-state index in [0.29, 0.717) is 0 Å². The normalized spacial score (nSPS) is 14.0. The molecule has 0 radical (unpaired) electrons. The van der Waals surface area contributed by atoms with E-state index < -0.39 is 5.54 Å². The molecule has 1 heterocycles. The lowest BCUT2D eigenvalue weighted by atomic mass is 9.86. The van der Waals surface area contributed by atoms with Crippen molar-refractivity contribution in [3.8, 4) is 0 Å². The zero-order chi connectivity index (χ0) is 15.6. The van der Waals surface area contributed by atoms with Crippen molar-refractivity contribution in [2.24, 2.45) is 5.73 Å². The Kier molecular flexibility index (Phi) is 4.64. The second kappa shape index (κ2) is 6.12. The summed E-state index contributed by atoms with van der Waals surface area (Å²) in [5.74, 6) is -0.0241. The number of aromatic nitrogens is 2. The molecule has 5 heteroatoms. The van der Waals surface area contributed by atoms with E-state index in [1.807, 2.05) is 48.9 Å². The van der Waals surface area contributed by atoms with Gasteiger partial charge in [0.25, 0.3) is 0 Å². The zero-order valence-electron chi connectivity index (χ0n) is 12.6. The number of halogens is 1. The first-order chi connectivity index (χ1) is 9.87. The highest BCUT2D eigenvalue weighted by Gasteiger charge is 2.31. The number of hydrogen-bond acceptors (Lipinski definition) is 3. The average molecular weight is 350 g/mol. The van der Waals surface area contributed by atoms with E-state index >= 15 is 0 Å². The minimum absolute atomic E-state index is 0.0241. The summed E-state index contributed by atoms with van der Waals surface area (Å²) in [5.41, 5.74) is 7.87.